The Hall–Kier alpha value is -0.290. The molecule has 1 aliphatic carbocycles. The second-order valence-corrected chi connectivity index (χ2v) is 5.77. The van der Waals surface area contributed by atoms with E-state index in [1.165, 1.54) is 0 Å². The summed E-state index contributed by atoms with van der Waals surface area (Å²) in [6.07, 6.45) is -0.568. The lowest BCUT2D eigenvalue weighted by molar-refractivity contribution is -0.186. The Bertz CT molecular complexity index is 267. The maximum Gasteiger partial charge on any atom is 0.391 e. The van der Waals surface area contributed by atoms with E-state index >= 15 is 0 Å². The molecular formula is C13H23F3N2. The van der Waals surface area contributed by atoms with Gasteiger partial charge in [0, 0.05) is 12.6 Å². The van der Waals surface area contributed by atoms with Crippen LogP contribution in [0.3, 0.4) is 0 Å². The monoisotopic (exact) mass is 264 g/mol. The van der Waals surface area contributed by atoms with Crippen molar-refractivity contribution in [2.24, 2.45) is 11.8 Å². The molecule has 0 bridgehead atoms. The van der Waals surface area contributed by atoms with Crippen molar-refractivity contribution in [3.63, 3.8) is 0 Å². The van der Waals surface area contributed by atoms with E-state index in [-0.39, 0.29) is 6.04 Å². The maximum absolute atomic E-state index is 12.8. The van der Waals surface area contributed by atoms with Gasteiger partial charge >= 0.3 is 6.18 Å². The molecule has 0 aromatic heterocycles. The van der Waals surface area contributed by atoms with Crippen molar-refractivity contribution in [3.05, 3.63) is 0 Å². The lowest BCUT2D eigenvalue weighted by atomic mass is 9.84. The first-order chi connectivity index (χ1) is 8.50. The molecule has 106 valence electrons. The van der Waals surface area contributed by atoms with E-state index in [1.807, 2.05) is 7.05 Å². The van der Waals surface area contributed by atoms with Gasteiger partial charge in [-0.2, -0.15) is 13.2 Å². The summed E-state index contributed by atoms with van der Waals surface area (Å²) in [4.78, 5) is 2.29. The molecule has 0 aromatic carbocycles. The van der Waals surface area contributed by atoms with Crippen molar-refractivity contribution in [2.75, 3.05) is 26.7 Å². The van der Waals surface area contributed by atoms with E-state index in [2.05, 4.69) is 10.2 Å². The van der Waals surface area contributed by atoms with Gasteiger partial charge in [0.25, 0.3) is 0 Å². The fourth-order valence-electron chi connectivity index (χ4n) is 3.44. The van der Waals surface area contributed by atoms with E-state index in [4.69, 9.17) is 0 Å². The van der Waals surface area contributed by atoms with Gasteiger partial charge in [0.05, 0.1) is 5.92 Å². The molecule has 1 saturated carbocycles. The van der Waals surface area contributed by atoms with E-state index < -0.39 is 12.1 Å². The summed E-state index contributed by atoms with van der Waals surface area (Å²) in [6, 6.07) is 0.159. The van der Waals surface area contributed by atoms with Crippen LogP contribution in [0.1, 0.15) is 32.1 Å². The lowest BCUT2D eigenvalue weighted by Crippen LogP contribution is -2.41. The second-order valence-electron chi connectivity index (χ2n) is 5.77. The molecular weight excluding hydrogens is 241 g/mol. The van der Waals surface area contributed by atoms with Crippen LogP contribution in [-0.2, 0) is 0 Å². The third kappa shape index (κ3) is 3.38. The summed E-state index contributed by atoms with van der Waals surface area (Å²) in [5.74, 6) is -0.458. The van der Waals surface area contributed by atoms with Crippen LogP contribution in [0.2, 0.25) is 0 Å². The quantitative estimate of drug-likeness (QED) is 0.843. The second kappa shape index (κ2) is 5.78. The Labute approximate surface area is 107 Å². The number of likely N-dealkylation sites (tertiary alicyclic amines) is 1. The normalized spacial score (nSPS) is 35.0. The minimum atomic E-state index is -4.00. The van der Waals surface area contributed by atoms with Crippen LogP contribution >= 0.6 is 0 Å². The van der Waals surface area contributed by atoms with Crippen LogP contribution < -0.4 is 5.32 Å². The predicted octanol–water partition coefficient (Wildman–Crippen LogP) is 2.65. The number of rotatable bonds is 3. The van der Waals surface area contributed by atoms with Crippen LogP contribution in [0.4, 0.5) is 13.2 Å². The minimum Gasteiger partial charge on any atom is -0.319 e. The van der Waals surface area contributed by atoms with Crippen LogP contribution in [-0.4, -0.2) is 43.8 Å². The zero-order valence-electron chi connectivity index (χ0n) is 11.0. The van der Waals surface area contributed by atoms with E-state index in [9.17, 15) is 13.2 Å². The molecule has 2 nitrogen and oxygen atoms in total. The number of hydrogen-bond acceptors (Lipinski definition) is 2. The summed E-state index contributed by atoms with van der Waals surface area (Å²) in [6.45, 7) is 2.92. The number of halogens is 3. The maximum atomic E-state index is 12.8. The minimum absolute atomic E-state index is 0.159. The third-order valence-corrected chi connectivity index (χ3v) is 4.44. The first-order valence-corrected chi connectivity index (χ1v) is 6.96. The summed E-state index contributed by atoms with van der Waals surface area (Å²) in [7, 11) is 1.93. The number of nitrogens with one attached hydrogen (secondary N) is 1. The van der Waals surface area contributed by atoms with E-state index in [0.717, 1.165) is 38.9 Å². The van der Waals surface area contributed by atoms with Gasteiger partial charge in [0.1, 0.15) is 0 Å². The molecule has 2 rings (SSSR count). The highest BCUT2D eigenvalue weighted by atomic mass is 19.4. The largest absolute Gasteiger partial charge is 0.391 e. The van der Waals surface area contributed by atoms with E-state index in [0.29, 0.717) is 18.8 Å². The van der Waals surface area contributed by atoms with Crippen molar-refractivity contribution >= 4 is 0 Å². The molecule has 0 aromatic rings. The molecule has 1 heterocycles. The van der Waals surface area contributed by atoms with Gasteiger partial charge in [0.2, 0.25) is 0 Å². The van der Waals surface area contributed by atoms with Crippen LogP contribution in [0, 0.1) is 11.8 Å². The fraction of sp³-hybridized carbons (Fsp3) is 1.00. The Balaban J connectivity index is 1.86. The molecule has 3 atom stereocenters. The number of hydrogen-bond donors (Lipinski definition) is 1. The zero-order valence-corrected chi connectivity index (χ0v) is 11.0. The van der Waals surface area contributed by atoms with Gasteiger partial charge < -0.3 is 10.2 Å². The van der Waals surface area contributed by atoms with Gasteiger partial charge in [-0.15, -0.1) is 0 Å². The van der Waals surface area contributed by atoms with Gasteiger partial charge in [-0.05, 0) is 51.7 Å². The summed E-state index contributed by atoms with van der Waals surface area (Å²) >= 11 is 0. The van der Waals surface area contributed by atoms with Gasteiger partial charge in [-0.3, -0.25) is 0 Å². The Kier molecular flexibility index (Phi) is 4.54. The molecule has 2 fully saturated rings. The molecule has 2 aliphatic rings. The molecule has 0 amide bonds. The van der Waals surface area contributed by atoms with E-state index in [1.54, 1.807) is 0 Å². The van der Waals surface area contributed by atoms with Gasteiger partial charge in [0.15, 0.2) is 0 Å². The highest BCUT2D eigenvalue weighted by Gasteiger charge is 2.43. The highest BCUT2D eigenvalue weighted by Crippen LogP contribution is 2.39. The zero-order chi connectivity index (χ0) is 13.2. The molecule has 0 spiro atoms. The van der Waals surface area contributed by atoms with Crippen LogP contribution in [0.25, 0.3) is 0 Å². The average molecular weight is 264 g/mol. The molecule has 0 radical (unpaired) electrons. The first-order valence-electron chi connectivity index (χ1n) is 6.96. The van der Waals surface area contributed by atoms with Crippen molar-refractivity contribution in [3.8, 4) is 0 Å². The predicted molar refractivity (Wildman–Crippen MR) is 65.4 cm³/mol. The summed E-state index contributed by atoms with van der Waals surface area (Å²) in [5.41, 5.74) is 0. The Morgan fingerprint density at radius 2 is 2.00 bits per heavy atom. The smallest absolute Gasteiger partial charge is 0.319 e. The molecule has 1 N–H and O–H groups in total. The average Bonchev–Trinajstić information content (AvgIpc) is 2.77. The lowest BCUT2D eigenvalue weighted by Gasteiger charge is -2.36. The standard InChI is InChI=1S/C13H23F3N2/c1-17-8-10-5-6-18(9-10)12-4-2-3-11(7-12)13(14,15)16/h10-12,17H,2-9H2,1H3. The van der Waals surface area contributed by atoms with Crippen molar-refractivity contribution in [1.82, 2.24) is 10.2 Å². The molecule has 1 aliphatic heterocycles. The van der Waals surface area contributed by atoms with Crippen LogP contribution in [0.15, 0.2) is 0 Å². The van der Waals surface area contributed by atoms with Crippen molar-refractivity contribution in [1.29, 1.82) is 0 Å². The van der Waals surface area contributed by atoms with Crippen LogP contribution in [0.5, 0.6) is 0 Å². The number of alkyl halides is 3. The summed E-state index contributed by atoms with van der Waals surface area (Å²) in [5, 5.41) is 3.16. The molecule has 3 unspecified atom stereocenters. The molecule has 5 heteroatoms. The number of nitrogens with zero attached hydrogens (tertiary/aromatic N) is 1. The van der Waals surface area contributed by atoms with Crippen molar-refractivity contribution in [2.45, 2.75) is 44.3 Å². The Morgan fingerprint density at radius 3 is 2.67 bits per heavy atom. The topological polar surface area (TPSA) is 15.3 Å². The molecule has 1 saturated heterocycles. The Morgan fingerprint density at radius 1 is 1.22 bits per heavy atom. The molecule has 18 heavy (non-hydrogen) atoms. The first kappa shape index (κ1) is 14.1. The van der Waals surface area contributed by atoms with Gasteiger partial charge in [-0.1, -0.05) is 6.42 Å². The SMILES string of the molecule is CNCC1CCN(C2CCCC(C(F)(F)F)C2)C1. The van der Waals surface area contributed by atoms with Crippen molar-refractivity contribution < 1.29 is 13.2 Å². The highest BCUT2D eigenvalue weighted by molar-refractivity contribution is 4.87. The van der Waals surface area contributed by atoms with Gasteiger partial charge in [-0.25, -0.2) is 0 Å². The fourth-order valence-corrected chi connectivity index (χ4v) is 3.44. The summed E-state index contributed by atoms with van der Waals surface area (Å²) < 4.78 is 38.3. The third-order valence-electron chi connectivity index (χ3n) is 4.44.